The summed E-state index contributed by atoms with van der Waals surface area (Å²) in [5.74, 6) is 0.481. The topological polar surface area (TPSA) is 71.1 Å². The molecular weight excluding hydrogens is 342 g/mol. The number of nitrogens with zero attached hydrogens (tertiary/aromatic N) is 1. The second kappa shape index (κ2) is 7.95. The number of hydrogen-bond donors (Lipinski definition) is 2. The van der Waals surface area contributed by atoms with Gasteiger partial charge in [0, 0.05) is 10.5 Å². The van der Waals surface area contributed by atoms with Gasteiger partial charge in [0.1, 0.15) is 5.82 Å². The predicted molar refractivity (Wildman–Crippen MR) is 86.5 cm³/mol. The molecule has 1 aromatic heterocycles. The summed E-state index contributed by atoms with van der Waals surface area (Å²) in [6.07, 6.45) is 1.47. The Morgan fingerprint density at radius 1 is 1.30 bits per heavy atom. The SMILES string of the molecule is Cc1nc(NS(=O)(=O)CCCCNC(C)C)ccc1Br. The molecule has 0 amide bonds. The van der Waals surface area contributed by atoms with Gasteiger partial charge in [0.2, 0.25) is 10.0 Å². The van der Waals surface area contributed by atoms with Crippen molar-refractivity contribution < 1.29 is 8.42 Å². The molecule has 0 aliphatic rings. The van der Waals surface area contributed by atoms with E-state index in [9.17, 15) is 8.42 Å². The highest BCUT2D eigenvalue weighted by molar-refractivity contribution is 9.10. The first-order valence-corrected chi connectivity index (χ1v) is 9.12. The quantitative estimate of drug-likeness (QED) is 0.696. The van der Waals surface area contributed by atoms with Gasteiger partial charge in [-0.3, -0.25) is 4.72 Å². The molecule has 1 heterocycles. The smallest absolute Gasteiger partial charge is 0.233 e. The zero-order valence-corrected chi connectivity index (χ0v) is 14.5. The molecule has 2 N–H and O–H groups in total. The van der Waals surface area contributed by atoms with E-state index in [2.05, 4.69) is 44.8 Å². The number of rotatable bonds is 8. The van der Waals surface area contributed by atoms with Gasteiger partial charge >= 0.3 is 0 Å². The van der Waals surface area contributed by atoms with Crippen molar-refractivity contribution >= 4 is 31.8 Å². The Labute approximate surface area is 129 Å². The highest BCUT2D eigenvalue weighted by Crippen LogP contribution is 2.17. The molecular formula is C13H22BrN3O2S. The van der Waals surface area contributed by atoms with Crippen molar-refractivity contribution in [2.45, 2.75) is 39.7 Å². The van der Waals surface area contributed by atoms with Gasteiger partial charge in [0.05, 0.1) is 11.4 Å². The summed E-state index contributed by atoms with van der Waals surface area (Å²) in [5.41, 5.74) is 0.756. The van der Waals surface area contributed by atoms with Crippen molar-refractivity contribution in [3.05, 3.63) is 22.3 Å². The molecule has 1 aromatic rings. The lowest BCUT2D eigenvalue weighted by atomic mass is 10.3. The van der Waals surface area contributed by atoms with Crippen molar-refractivity contribution in [2.24, 2.45) is 0 Å². The van der Waals surface area contributed by atoms with E-state index in [0.717, 1.165) is 23.1 Å². The lowest BCUT2D eigenvalue weighted by molar-refractivity contribution is 0.561. The van der Waals surface area contributed by atoms with Gasteiger partial charge in [-0.05, 0) is 54.4 Å². The highest BCUT2D eigenvalue weighted by Gasteiger charge is 2.11. The molecule has 0 atom stereocenters. The average Bonchev–Trinajstić information content (AvgIpc) is 2.32. The lowest BCUT2D eigenvalue weighted by Gasteiger charge is -2.09. The van der Waals surface area contributed by atoms with Crippen LogP contribution < -0.4 is 10.0 Å². The van der Waals surface area contributed by atoms with Gasteiger partial charge in [0.25, 0.3) is 0 Å². The number of nitrogens with one attached hydrogen (secondary N) is 2. The Kier molecular flexibility index (Phi) is 6.91. The van der Waals surface area contributed by atoms with Crippen LogP contribution in [0.5, 0.6) is 0 Å². The molecule has 114 valence electrons. The molecule has 0 fully saturated rings. The van der Waals surface area contributed by atoms with Gasteiger partial charge < -0.3 is 5.32 Å². The third-order valence-electron chi connectivity index (χ3n) is 2.67. The molecule has 0 aliphatic heterocycles. The minimum Gasteiger partial charge on any atom is -0.315 e. The van der Waals surface area contributed by atoms with Gasteiger partial charge in [0.15, 0.2) is 0 Å². The first kappa shape index (κ1) is 17.4. The number of hydrogen-bond acceptors (Lipinski definition) is 4. The van der Waals surface area contributed by atoms with E-state index in [1.54, 1.807) is 12.1 Å². The first-order chi connectivity index (χ1) is 9.30. The predicted octanol–water partition coefficient (Wildman–Crippen LogP) is 2.67. The van der Waals surface area contributed by atoms with Crippen molar-refractivity contribution in [3.63, 3.8) is 0 Å². The fourth-order valence-electron chi connectivity index (χ4n) is 1.62. The van der Waals surface area contributed by atoms with Crippen LogP contribution in [-0.2, 0) is 10.0 Å². The van der Waals surface area contributed by atoms with Crippen LogP contribution in [0.4, 0.5) is 5.82 Å². The molecule has 0 aliphatic carbocycles. The van der Waals surface area contributed by atoms with Crippen molar-refractivity contribution in [2.75, 3.05) is 17.0 Å². The third-order valence-corrected chi connectivity index (χ3v) is 4.86. The van der Waals surface area contributed by atoms with Crippen molar-refractivity contribution in [1.82, 2.24) is 10.3 Å². The van der Waals surface area contributed by atoms with E-state index in [1.807, 2.05) is 6.92 Å². The van der Waals surface area contributed by atoms with Crippen LogP contribution in [0, 0.1) is 6.92 Å². The zero-order chi connectivity index (χ0) is 15.2. The van der Waals surface area contributed by atoms with Gasteiger partial charge in [-0.1, -0.05) is 13.8 Å². The molecule has 20 heavy (non-hydrogen) atoms. The molecule has 5 nitrogen and oxygen atoms in total. The van der Waals surface area contributed by atoms with Crippen LogP contribution in [0.1, 0.15) is 32.4 Å². The molecule has 1 rings (SSSR count). The van der Waals surface area contributed by atoms with E-state index in [1.165, 1.54) is 0 Å². The number of aryl methyl sites for hydroxylation is 1. The second-order valence-electron chi connectivity index (χ2n) is 5.00. The van der Waals surface area contributed by atoms with Crippen molar-refractivity contribution in [3.8, 4) is 0 Å². The number of sulfonamides is 1. The monoisotopic (exact) mass is 363 g/mol. The fourth-order valence-corrected chi connectivity index (χ4v) is 2.96. The number of anilines is 1. The number of pyridine rings is 1. The summed E-state index contributed by atoms with van der Waals surface area (Å²) in [6, 6.07) is 3.86. The summed E-state index contributed by atoms with van der Waals surface area (Å²) in [4.78, 5) is 4.18. The maximum Gasteiger partial charge on any atom is 0.233 e. The molecule has 0 aromatic carbocycles. The molecule has 7 heteroatoms. The maximum atomic E-state index is 11.9. The van der Waals surface area contributed by atoms with E-state index in [4.69, 9.17) is 0 Å². The Balaban J connectivity index is 2.43. The summed E-state index contributed by atoms with van der Waals surface area (Å²) in [6.45, 7) is 6.79. The first-order valence-electron chi connectivity index (χ1n) is 6.67. The van der Waals surface area contributed by atoms with Gasteiger partial charge in [-0.2, -0.15) is 0 Å². The number of unbranched alkanes of at least 4 members (excludes halogenated alkanes) is 1. The van der Waals surface area contributed by atoms with Crippen LogP contribution >= 0.6 is 15.9 Å². The Bertz CT molecular complexity index is 532. The minimum atomic E-state index is -3.32. The molecule has 0 saturated heterocycles. The normalized spacial score (nSPS) is 11.8. The Hall–Kier alpha value is -0.660. The van der Waals surface area contributed by atoms with Crippen LogP contribution in [-0.4, -0.2) is 31.7 Å². The molecule has 0 saturated carbocycles. The van der Waals surface area contributed by atoms with Gasteiger partial charge in [-0.25, -0.2) is 13.4 Å². The minimum absolute atomic E-state index is 0.115. The van der Waals surface area contributed by atoms with E-state index >= 15 is 0 Å². The van der Waals surface area contributed by atoms with E-state index in [0.29, 0.717) is 18.3 Å². The zero-order valence-electron chi connectivity index (χ0n) is 12.1. The average molecular weight is 364 g/mol. The van der Waals surface area contributed by atoms with E-state index in [-0.39, 0.29) is 5.75 Å². The standard InChI is InChI=1S/C13H22BrN3O2S/c1-10(2)15-8-4-5-9-20(18,19)17-13-7-6-12(14)11(3)16-13/h6-7,10,15H,4-5,8-9H2,1-3H3,(H,16,17). The van der Waals surface area contributed by atoms with Crippen LogP contribution in [0.25, 0.3) is 0 Å². The Morgan fingerprint density at radius 2 is 2.00 bits per heavy atom. The lowest BCUT2D eigenvalue weighted by Crippen LogP contribution is -2.24. The molecule has 0 radical (unpaired) electrons. The van der Waals surface area contributed by atoms with Crippen molar-refractivity contribution in [1.29, 1.82) is 0 Å². The van der Waals surface area contributed by atoms with Crippen LogP contribution in [0.2, 0.25) is 0 Å². The third kappa shape index (κ3) is 6.67. The molecule has 0 unspecified atom stereocenters. The largest absolute Gasteiger partial charge is 0.315 e. The van der Waals surface area contributed by atoms with Crippen LogP contribution in [0.15, 0.2) is 16.6 Å². The maximum absolute atomic E-state index is 11.9. The number of halogens is 1. The summed E-state index contributed by atoms with van der Waals surface area (Å²) in [5, 5.41) is 3.26. The van der Waals surface area contributed by atoms with Crippen LogP contribution in [0.3, 0.4) is 0 Å². The van der Waals surface area contributed by atoms with Gasteiger partial charge in [-0.15, -0.1) is 0 Å². The number of aromatic nitrogens is 1. The summed E-state index contributed by atoms with van der Waals surface area (Å²) < 4.78 is 27.2. The van der Waals surface area contributed by atoms with E-state index < -0.39 is 10.0 Å². The summed E-state index contributed by atoms with van der Waals surface area (Å²) in [7, 11) is -3.32. The molecule has 0 spiro atoms. The fraction of sp³-hybridized carbons (Fsp3) is 0.615. The molecule has 0 bridgehead atoms. The Morgan fingerprint density at radius 3 is 2.60 bits per heavy atom. The summed E-state index contributed by atoms with van der Waals surface area (Å²) >= 11 is 3.33. The second-order valence-corrected chi connectivity index (χ2v) is 7.70. The highest BCUT2D eigenvalue weighted by atomic mass is 79.9.